The lowest BCUT2D eigenvalue weighted by molar-refractivity contribution is -0.115. The van der Waals surface area contributed by atoms with Gasteiger partial charge in [0.05, 0.1) is 30.7 Å². The number of carbonyl (C=O) groups excluding carboxylic acids is 1. The highest BCUT2D eigenvalue weighted by molar-refractivity contribution is 8.00. The summed E-state index contributed by atoms with van der Waals surface area (Å²) < 4.78 is 11.4. The summed E-state index contributed by atoms with van der Waals surface area (Å²) in [5.41, 5.74) is 2.63. The van der Waals surface area contributed by atoms with Crippen molar-refractivity contribution in [3.8, 4) is 17.0 Å². The van der Waals surface area contributed by atoms with Crippen LogP contribution < -0.4 is 10.1 Å². The summed E-state index contributed by atoms with van der Waals surface area (Å²) in [6, 6.07) is 17.2. The summed E-state index contributed by atoms with van der Waals surface area (Å²) in [5.74, 6) is 1.63. The molecule has 0 bridgehead atoms. The lowest BCUT2D eigenvalue weighted by atomic mass is 10.2. The van der Waals surface area contributed by atoms with Crippen molar-refractivity contribution in [3.05, 3.63) is 71.7 Å². The first-order chi connectivity index (χ1) is 14.7. The van der Waals surface area contributed by atoms with Crippen LogP contribution in [0.5, 0.6) is 5.75 Å². The Morgan fingerprint density at radius 1 is 1.13 bits per heavy atom. The van der Waals surface area contributed by atoms with E-state index in [1.807, 2.05) is 47.8 Å². The molecule has 0 radical (unpaired) electrons. The Bertz CT molecular complexity index is 1130. The Morgan fingerprint density at radius 3 is 2.77 bits per heavy atom. The predicted molar refractivity (Wildman–Crippen MR) is 117 cm³/mol. The summed E-state index contributed by atoms with van der Waals surface area (Å²) >= 11 is 3.09. The molecule has 30 heavy (non-hydrogen) atoms. The summed E-state index contributed by atoms with van der Waals surface area (Å²) in [6.07, 6.45) is 0.0155. The molecule has 152 valence electrons. The first kappa shape index (κ1) is 20.1. The highest BCUT2D eigenvalue weighted by atomic mass is 32.2. The molecule has 0 saturated carbocycles. The van der Waals surface area contributed by atoms with E-state index in [0.29, 0.717) is 28.9 Å². The van der Waals surface area contributed by atoms with Crippen LogP contribution in [0.2, 0.25) is 0 Å². The highest BCUT2D eigenvalue weighted by Gasteiger charge is 2.14. The van der Waals surface area contributed by atoms with Gasteiger partial charge in [-0.1, -0.05) is 59.4 Å². The molecule has 4 aromatic rings. The van der Waals surface area contributed by atoms with E-state index < -0.39 is 0 Å². The summed E-state index contributed by atoms with van der Waals surface area (Å²) in [5, 5.41) is 8.72. The number of anilines is 1. The number of nitrogens with zero attached hydrogens (tertiary/aromatic N) is 3. The summed E-state index contributed by atoms with van der Waals surface area (Å²) in [6.45, 7) is 0. The van der Waals surface area contributed by atoms with Gasteiger partial charge in [-0.25, -0.2) is 4.98 Å². The highest BCUT2D eigenvalue weighted by Crippen LogP contribution is 2.30. The van der Waals surface area contributed by atoms with Gasteiger partial charge in [-0.2, -0.15) is 4.98 Å². The number of ether oxygens (including phenoxy) is 1. The topological polar surface area (TPSA) is 90.1 Å². The van der Waals surface area contributed by atoms with E-state index in [1.54, 1.807) is 30.6 Å². The second-order valence-electron chi connectivity index (χ2n) is 6.18. The largest absolute Gasteiger partial charge is 0.495 e. The minimum absolute atomic E-state index is 0.0155. The van der Waals surface area contributed by atoms with Crippen molar-refractivity contribution in [3.63, 3.8) is 0 Å². The van der Waals surface area contributed by atoms with Gasteiger partial charge in [-0.05, 0) is 12.1 Å². The first-order valence-corrected chi connectivity index (χ1v) is 11.0. The zero-order chi connectivity index (χ0) is 20.8. The molecule has 0 saturated heterocycles. The molecule has 7 nitrogen and oxygen atoms in total. The maximum Gasteiger partial charge on any atom is 0.237 e. The number of carbonyl (C=O) groups is 1. The molecule has 1 N–H and O–H groups in total. The quantitative estimate of drug-likeness (QED) is 0.400. The minimum atomic E-state index is -0.244. The molecule has 0 aliphatic carbocycles. The molecule has 4 rings (SSSR count). The van der Waals surface area contributed by atoms with Gasteiger partial charge in [-0.15, -0.1) is 11.3 Å². The maximum absolute atomic E-state index is 12.3. The van der Waals surface area contributed by atoms with Gasteiger partial charge in [0.2, 0.25) is 11.8 Å². The van der Waals surface area contributed by atoms with E-state index in [9.17, 15) is 4.79 Å². The average Bonchev–Trinajstić information content (AvgIpc) is 3.43. The number of aromatic nitrogens is 3. The molecular formula is C21H18N4O3S2. The fraction of sp³-hybridized carbons (Fsp3) is 0.143. The Kier molecular flexibility index (Phi) is 6.41. The Morgan fingerprint density at radius 2 is 1.93 bits per heavy atom. The van der Waals surface area contributed by atoms with Crippen molar-refractivity contribution >= 4 is 34.7 Å². The van der Waals surface area contributed by atoms with Crippen LogP contribution in [0.3, 0.4) is 0 Å². The molecule has 0 aliphatic rings. The van der Waals surface area contributed by atoms with E-state index in [1.165, 1.54) is 11.8 Å². The Labute approximate surface area is 181 Å². The number of hydrogen-bond acceptors (Lipinski definition) is 8. The van der Waals surface area contributed by atoms with Crippen molar-refractivity contribution < 1.29 is 14.1 Å². The molecule has 0 unspecified atom stereocenters. The van der Waals surface area contributed by atoms with E-state index in [2.05, 4.69) is 20.4 Å². The first-order valence-electron chi connectivity index (χ1n) is 9.09. The zero-order valence-electron chi connectivity index (χ0n) is 16.1. The number of amides is 1. The molecule has 2 aromatic carbocycles. The maximum atomic E-state index is 12.3. The number of nitrogens with one attached hydrogen (secondary N) is 1. The van der Waals surface area contributed by atoms with Gasteiger partial charge in [0.1, 0.15) is 5.75 Å². The van der Waals surface area contributed by atoms with Gasteiger partial charge < -0.3 is 14.6 Å². The number of para-hydroxylation sites is 2. The standard InChI is InChI=1S/C21H18N4O3S2/c1-27-17-10-6-5-9-15(17)22-19(26)11-18-24-20(28-25-18)13-30-21-23-16(12-29-21)14-7-3-2-4-8-14/h2-10,12H,11,13H2,1H3,(H,22,26). The molecule has 0 atom stereocenters. The van der Waals surface area contributed by atoms with Crippen LogP contribution >= 0.6 is 23.1 Å². The average molecular weight is 439 g/mol. The monoisotopic (exact) mass is 438 g/mol. The molecule has 2 heterocycles. The molecule has 0 fully saturated rings. The van der Waals surface area contributed by atoms with Gasteiger partial charge >= 0.3 is 0 Å². The Hall–Kier alpha value is -3.17. The van der Waals surface area contributed by atoms with E-state index >= 15 is 0 Å². The lowest BCUT2D eigenvalue weighted by Gasteiger charge is -2.08. The van der Waals surface area contributed by atoms with Crippen LogP contribution in [0.4, 0.5) is 5.69 Å². The number of benzene rings is 2. The van der Waals surface area contributed by atoms with Crippen molar-refractivity contribution in [2.75, 3.05) is 12.4 Å². The van der Waals surface area contributed by atoms with E-state index in [0.717, 1.165) is 15.6 Å². The number of thiazole rings is 1. The van der Waals surface area contributed by atoms with E-state index in [-0.39, 0.29) is 12.3 Å². The van der Waals surface area contributed by atoms with Crippen molar-refractivity contribution in [1.29, 1.82) is 0 Å². The van der Waals surface area contributed by atoms with Gasteiger partial charge in [0.15, 0.2) is 10.2 Å². The fourth-order valence-electron chi connectivity index (χ4n) is 2.70. The minimum Gasteiger partial charge on any atom is -0.495 e. The van der Waals surface area contributed by atoms with Crippen LogP contribution in [0.15, 0.2) is 68.8 Å². The van der Waals surface area contributed by atoms with Gasteiger partial charge in [0, 0.05) is 10.9 Å². The van der Waals surface area contributed by atoms with E-state index in [4.69, 9.17) is 9.26 Å². The SMILES string of the molecule is COc1ccccc1NC(=O)Cc1noc(CSc2nc(-c3ccccc3)cs2)n1. The molecule has 2 aromatic heterocycles. The van der Waals surface area contributed by atoms with Crippen LogP contribution in [-0.4, -0.2) is 28.1 Å². The number of hydrogen-bond donors (Lipinski definition) is 1. The second-order valence-corrected chi connectivity index (χ2v) is 8.26. The zero-order valence-corrected chi connectivity index (χ0v) is 17.7. The van der Waals surface area contributed by atoms with Crippen LogP contribution in [0, 0.1) is 0 Å². The van der Waals surface area contributed by atoms with Crippen LogP contribution in [0.1, 0.15) is 11.7 Å². The number of rotatable bonds is 8. The molecule has 0 spiro atoms. The number of methoxy groups -OCH3 is 1. The molecule has 9 heteroatoms. The van der Waals surface area contributed by atoms with Gasteiger partial charge in [0.25, 0.3) is 0 Å². The van der Waals surface area contributed by atoms with Crippen molar-refractivity contribution in [2.45, 2.75) is 16.5 Å². The Balaban J connectivity index is 1.31. The number of thioether (sulfide) groups is 1. The molecule has 0 aliphatic heterocycles. The van der Waals surface area contributed by atoms with Crippen LogP contribution in [-0.2, 0) is 17.0 Å². The third kappa shape index (κ3) is 5.05. The van der Waals surface area contributed by atoms with Gasteiger partial charge in [-0.3, -0.25) is 4.79 Å². The summed E-state index contributed by atoms with van der Waals surface area (Å²) in [7, 11) is 1.55. The smallest absolute Gasteiger partial charge is 0.237 e. The molecular weight excluding hydrogens is 420 g/mol. The fourth-order valence-corrected chi connectivity index (χ4v) is 4.37. The second kappa shape index (κ2) is 9.55. The summed E-state index contributed by atoms with van der Waals surface area (Å²) in [4.78, 5) is 21.2. The third-order valence-corrected chi connectivity index (χ3v) is 6.09. The predicted octanol–water partition coefficient (Wildman–Crippen LogP) is 4.68. The van der Waals surface area contributed by atoms with Crippen molar-refractivity contribution in [1.82, 2.24) is 15.1 Å². The molecule has 1 amide bonds. The van der Waals surface area contributed by atoms with Crippen molar-refractivity contribution in [2.24, 2.45) is 0 Å². The third-order valence-electron chi connectivity index (χ3n) is 4.08. The lowest BCUT2D eigenvalue weighted by Crippen LogP contribution is -2.15. The normalized spacial score (nSPS) is 10.7. The van der Waals surface area contributed by atoms with Crippen LogP contribution in [0.25, 0.3) is 11.3 Å².